The van der Waals surface area contributed by atoms with Gasteiger partial charge in [0.15, 0.2) is 0 Å². The van der Waals surface area contributed by atoms with Gasteiger partial charge in [0.25, 0.3) is 0 Å². The summed E-state index contributed by atoms with van der Waals surface area (Å²) in [6.45, 7) is 4.22. The van der Waals surface area contributed by atoms with Gasteiger partial charge in [-0.25, -0.2) is 9.97 Å². The van der Waals surface area contributed by atoms with Crippen molar-refractivity contribution in [2.45, 2.75) is 26.7 Å². The first kappa shape index (κ1) is 10.8. The van der Waals surface area contributed by atoms with Crippen LogP contribution in [0.1, 0.15) is 24.7 Å². The highest BCUT2D eigenvalue weighted by Gasteiger charge is 1.99. The van der Waals surface area contributed by atoms with Gasteiger partial charge in [-0.2, -0.15) is 0 Å². The zero-order valence-electron chi connectivity index (χ0n) is 9.77. The van der Waals surface area contributed by atoms with Crippen molar-refractivity contribution >= 4 is 0 Å². The number of nitrogens with zero attached hydrogens (tertiary/aromatic N) is 2. The average molecular weight is 212 g/mol. The topological polar surface area (TPSA) is 25.8 Å². The Morgan fingerprint density at radius 1 is 0.938 bits per heavy atom. The summed E-state index contributed by atoms with van der Waals surface area (Å²) in [5.74, 6) is 0.929. The molecule has 1 heterocycles. The van der Waals surface area contributed by atoms with Crippen molar-refractivity contribution < 1.29 is 0 Å². The lowest BCUT2D eigenvalue weighted by Crippen LogP contribution is -1.93. The van der Waals surface area contributed by atoms with Gasteiger partial charge in [0.1, 0.15) is 5.82 Å². The summed E-state index contributed by atoms with van der Waals surface area (Å²) in [6, 6.07) is 8.42. The Morgan fingerprint density at radius 3 is 2.12 bits per heavy atom. The molecule has 82 valence electrons. The molecule has 16 heavy (non-hydrogen) atoms. The van der Waals surface area contributed by atoms with Gasteiger partial charge in [0.05, 0.1) is 0 Å². The van der Waals surface area contributed by atoms with Gasteiger partial charge in [-0.15, -0.1) is 0 Å². The Hall–Kier alpha value is -1.70. The minimum absolute atomic E-state index is 0.929. The first-order valence-corrected chi connectivity index (χ1v) is 5.67. The minimum Gasteiger partial charge on any atom is -0.241 e. The Bertz CT molecular complexity index is 443. The van der Waals surface area contributed by atoms with Gasteiger partial charge in [-0.05, 0) is 18.9 Å². The SMILES string of the molecule is CCCc1ncc(-c2ccc(C)cc2)cn1. The lowest BCUT2D eigenvalue weighted by molar-refractivity contribution is 0.835. The molecule has 0 bridgehead atoms. The largest absolute Gasteiger partial charge is 0.241 e. The quantitative estimate of drug-likeness (QED) is 0.779. The number of hydrogen-bond donors (Lipinski definition) is 0. The van der Waals surface area contributed by atoms with E-state index >= 15 is 0 Å². The highest BCUT2D eigenvalue weighted by molar-refractivity contribution is 5.61. The van der Waals surface area contributed by atoms with Gasteiger partial charge in [0, 0.05) is 24.4 Å². The number of benzene rings is 1. The molecule has 0 aliphatic rings. The molecule has 0 amide bonds. The molecule has 2 heteroatoms. The van der Waals surface area contributed by atoms with Crippen molar-refractivity contribution in [3.63, 3.8) is 0 Å². The first-order chi connectivity index (χ1) is 7.79. The lowest BCUT2D eigenvalue weighted by atomic mass is 10.1. The molecule has 0 radical (unpaired) electrons. The molecule has 0 saturated carbocycles. The zero-order chi connectivity index (χ0) is 11.4. The lowest BCUT2D eigenvalue weighted by Gasteiger charge is -2.02. The van der Waals surface area contributed by atoms with E-state index in [-0.39, 0.29) is 0 Å². The molecule has 0 aliphatic heterocycles. The molecule has 0 fully saturated rings. The van der Waals surface area contributed by atoms with Crippen LogP contribution >= 0.6 is 0 Å². The standard InChI is InChI=1S/C14H16N2/c1-3-4-14-15-9-13(10-16-14)12-7-5-11(2)6-8-12/h5-10H,3-4H2,1-2H3. The minimum atomic E-state index is 0.929. The van der Waals surface area contributed by atoms with E-state index in [4.69, 9.17) is 0 Å². The van der Waals surface area contributed by atoms with Crippen molar-refractivity contribution in [2.24, 2.45) is 0 Å². The van der Waals surface area contributed by atoms with Crippen LogP contribution in [-0.4, -0.2) is 9.97 Å². The van der Waals surface area contributed by atoms with Gasteiger partial charge >= 0.3 is 0 Å². The number of aryl methyl sites for hydroxylation is 2. The Labute approximate surface area is 96.4 Å². The summed E-state index contributed by atoms with van der Waals surface area (Å²) >= 11 is 0. The van der Waals surface area contributed by atoms with Crippen LogP contribution in [0.5, 0.6) is 0 Å². The summed E-state index contributed by atoms with van der Waals surface area (Å²) in [4.78, 5) is 8.71. The molecule has 0 unspecified atom stereocenters. The molecule has 1 aromatic carbocycles. The van der Waals surface area contributed by atoms with Crippen LogP contribution in [0, 0.1) is 6.92 Å². The maximum atomic E-state index is 4.36. The molecular weight excluding hydrogens is 196 g/mol. The van der Waals surface area contributed by atoms with Crippen LogP contribution < -0.4 is 0 Å². The fraction of sp³-hybridized carbons (Fsp3) is 0.286. The summed E-state index contributed by atoms with van der Waals surface area (Å²) in [5.41, 5.74) is 3.53. The molecule has 2 nitrogen and oxygen atoms in total. The third-order valence-corrected chi connectivity index (χ3v) is 2.56. The predicted molar refractivity (Wildman–Crippen MR) is 66.2 cm³/mol. The van der Waals surface area contributed by atoms with Gasteiger partial charge in [-0.1, -0.05) is 36.8 Å². The molecule has 0 atom stereocenters. The van der Waals surface area contributed by atoms with Gasteiger partial charge in [-0.3, -0.25) is 0 Å². The predicted octanol–water partition coefficient (Wildman–Crippen LogP) is 3.40. The fourth-order valence-electron chi connectivity index (χ4n) is 1.60. The van der Waals surface area contributed by atoms with Crippen molar-refractivity contribution in [2.75, 3.05) is 0 Å². The van der Waals surface area contributed by atoms with Crippen molar-refractivity contribution in [3.05, 3.63) is 48.0 Å². The summed E-state index contributed by atoms with van der Waals surface area (Å²) in [6.07, 6.45) is 5.85. The van der Waals surface area contributed by atoms with E-state index in [9.17, 15) is 0 Å². The number of aromatic nitrogens is 2. The first-order valence-electron chi connectivity index (χ1n) is 5.67. The average Bonchev–Trinajstić information content (AvgIpc) is 2.32. The van der Waals surface area contributed by atoms with Crippen LogP contribution in [0.4, 0.5) is 0 Å². The maximum Gasteiger partial charge on any atom is 0.128 e. The van der Waals surface area contributed by atoms with E-state index in [1.807, 2.05) is 12.4 Å². The van der Waals surface area contributed by atoms with Crippen molar-refractivity contribution in [3.8, 4) is 11.1 Å². The van der Waals surface area contributed by atoms with Gasteiger partial charge in [0.2, 0.25) is 0 Å². The molecule has 2 rings (SSSR count). The molecule has 1 aromatic heterocycles. The second kappa shape index (κ2) is 4.88. The molecule has 0 saturated heterocycles. The van der Waals surface area contributed by atoms with E-state index < -0.39 is 0 Å². The van der Waals surface area contributed by atoms with Crippen LogP contribution in [0.25, 0.3) is 11.1 Å². The molecule has 0 aliphatic carbocycles. The van der Waals surface area contributed by atoms with Crippen LogP contribution in [-0.2, 0) is 6.42 Å². The van der Waals surface area contributed by atoms with Crippen molar-refractivity contribution in [1.29, 1.82) is 0 Å². The third kappa shape index (κ3) is 2.45. The normalized spacial score (nSPS) is 10.4. The highest BCUT2D eigenvalue weighted by atomic mass is 14.9. The Morgan fingerprint density at radius 2 is 1.56 bits per heavy atom. The van der Waals surface area contributed by atoms with E-state index in [2.05, 4.69) is 48.1 Å². The highest BCUT2D eigenvalue weighted by Crippen LogP contribution is 2.17. The second-order valence-corrected chi connectivity index (χ2v) is 4.00. The molecule has 2 aromatic rings. The number of hydrogen-bond acceptors (Lipinski definition) is 2. The monoisotopic (exact) mass is 212 g/mol. The third-order valence-electron chi connectivity index (χ3n) is 2.56. The van der Waals surface area contributed by atoms with Gasteiger partial charge < -0.3 is 0 Å². The summed E-state index contributed by atoms with van der Waals surface area (Å²) in [5, 5.41) is 0. The van der Waals surface area contributed by atoms with Crippen LogP contribution in [0.15, 0.2) is 36.7 Å². The Balaban J connectivity index is 2.24. The smallest absolute Gasteiger partial charge is 0.128 e. The second-order valence-electron chi connectivity index (χ2n) is 4.00. The van der Waals surface area contributed by atoms with Crippen LogP contribution in [0.2, 0.25) is 0 Å². The van der Waals surface area contributed by atoms with Crippen molar-refractivity contribution in [1.82, 2.24) is 9.97 Å². The number of rotatable bonds is 3. The molecule has 0 spiro atoms. The maximum absolute atomic E-state index is 4.36. The van der Waals surface area contributed by atoms with E-state index in [1.165, 1.54) is 11.1 Å². The summed E-state index contributed by atoms with van der Waals surface area (Å²) < 4.78 is 0. The molecular formula is C14H16N2. The fourth-order valence-corrected chi connectivity index (χ4v) is 1.60. The zero-order valence-corrected chi connectivity index (χ0v) is 9.77. The summed E-state index contributed by atoms with van der Waals surface area (Å²) in [7, 11) is 0. The molecule has 0 N–H and O–H groups in total. The van der Waals surface area contributed by atoms with E-state index in [1.54, 1.807) is 0 Å². The van der Waals surface area contributed by atoms with E-state index in [0.717, 1.165) is 24.2 Å². The van der Waals surface area contributed by atoms with Crippen LogP contribution in [0.3, 0.4) is 0 Å². The van der Waals surface area contributed by atoms with E-state index in [0.29, 0.717) is 0 Å². The Kier molecular flexibility index (Phi) is 3.30.